The van der Waals surface area contributed by atoms with E-state index in [1.54, 1.807) is 23.1 Å². The molecular formula is C23H24N4O5. The molecule has 2 aromatic carbocycles. The summed E-state index contributed by atoms with van der Waals surface area (Å²) in [5.41, 5.74) is 2.12. The van der Waals surface area contributed by atoms with Gasteiger partial charge in [0.2, 0.25) is 0 Å². The average molecular weight is 436 g/mol. The molecular weight excluding hydrogens is 412 g/mol. The van der Waals surface area contributed by atoms with Crippen molar-refractivity contribution >= 4 is 23.3 Å². The highest BCUT2D eigenvalue weighted by Gasteiger charge is 2.41. The van der Waals surface area contributed by atoms with Gasteiger partial charge >= 0.3 is 6.03 Å². The zero-order valence-corrected chi connectivity index (χ0v) is 18.1. The van der Waals surface area contributed by atoms with Crippen molar-refractivity contribution in [3.63, 3.8) is 0 Å². The number of nitro groups is 1. The molecule has 3 amide bonds. The lowest BCUT2D eigenvalue weighted by atomic mass is 9.88. The number of hydrogen-bond acceptors (Lipinski definition) is 5. The summed E-state index contributed by atoms with van der Waals surface area (Å²) in [5.74, 6) is 0.252. The Morgan fingerprint density at radius 2 is 1.94 bits per heavy atom. The quantitative estimate of drug-likeness (QED) is 0.550. The van der Waals surface area contributed by atoms with Crippen LogP contribution in [0.3, 0.4) is 0 Å². The van der Waals surface area contributed by atoms with E-state index in [1.807, 2.05) is 32.9 Å². The van der Waals surface area contributed by atoms with E-state index in [4.69, 9.17) is 4.74 Å². The van der Waals surface area contributed by atoms with Crippen molar-refractivity contribution in [2.24, 2.45) is 0 Å². The highest BCUT2D eigenvalue weighted by Crippen LogP contribution is 2.45. The van der Waals surface area contributed by atoms with E-state index in [2.05, 4.69) is 10.6 Å². The number of carbonyl (C=O) groups is 2. The molecule has 0 fully saturated rings. The summed E-state index contributed by atoms with van der Waals surface area (Å²) < 4.78 is 6.17. The highest BCUT2D eigenvalue weighted by molar-refractivity contribution is 6.04. The molecule has 2 aliphatic heterocycles. The first kappa shape index (κ1) is 21.4. The van der Waals surface area contributed by atoms with Gasteiger partial charge in [-0.3, -0.25) is 14.9 Å². The van der Waals surface area contributed by atoms with E-state index in [9.17, 15) is 19.7 Å². The number of rotatable bonds is 5. The van der Waals surface area contributed by atoms with E-state index >= 15 is 0 Å². The second kappa shape index (κ2) is 7.99. The molecule has 0 atom stereocenters. The van der Waals surface area contributed by atoms with Crippen molar-refractivity contribution in [3.05, 3.63) is 74.8 Å². The van der Waals surface area contributed by atoms with Crippen LogP contribution >= 0.6 is 0 Å². The third kappa shape index (κ3) is 3.66. The first-order chi connectivity index (χ1) is 15.2. The normalized spacial score (nSPS) is 16.2. The monoisotopic (exact) mass is 436 g/mol. The second-order valence-corrected chi connectivity index (χ2v) is 8.14. The maximum absolute atomic E-state index is 13.3. The SMILES string of the molecule is CCNC(=O)NCC1=C(N2Cc3ccccc3C2=O)c2cc([N+](=O)[O-])ccc2OC1(C)C. The zero-order chi connectivity index (χ0) is 23.0. The van der Waals surface area contributed by atoms with Gasteiger partial charge in [-0.2, -0.15) is 0 Å². The smallest absolute Gasteiger partial charge is 0.315 e. The van der Waals surface area contributed by atoms with Gasteiger partial charge in [0.25, 0.3) is 11.6 Å². The number of hydrogen-bond donors (Lipinski definition) is 2. The van der Waals surface area contributed by atoms with Crippen LogP contribution in [-0.2, 0) is 6.54 Å². The van der Waals surface area contributed by atoms with Gasteiger partial charge in [0.15, 0.2) is 0 Å². The minimum absolute atomic E-state index is 0.107. The van der Waals surface area contributed by atoms with Crippen LogP contribution in [0, 0.1) is 10.1 Å². The summed E-state index contributed by atoms with van der Waals surface area (Å²) in [5, 5.41) is 16.9. The Kier molecular flexibility index (Phi) is 5.33. The van der Waals surface area contributed by atoms with Crippen LogP contribution in [0.1, 0.15) is 42.3 Å². The van der Waals surface area contributed by atoms with E-state index in [0.29, 0.717) is 41.2 Å². The molecule has 0 aromatic heterocycles. The van der Waals surface area contributed by atoms with E-state index < -0.39 is 10.5 Å². The summed E-state index contributed by atoms with van der Waals surface area (Å²) in [6, 6.07) is 11.3. The van der Waals surface area contributed by atoms with Crippen molar-refractivity contribution < 1.29 is 19.2 Å². The molecule has 2 N–H and O–H groups in total. The van der Waals surface area contributed by atoms with Crippen LogP contribution < -0.4 is 15.4 Å². The highest BCUT2D eigenvalue weighted by atomic mass is 16.6. The van der Waals surface area contributed by atoms with Gasteiger partial charge in [-0.1, -0.05) is 18.2 Å². The maximum Gasteiger partial charge on any atom is 0.315 e. The van der Waals surface area contributed by atoms with Gasteiger partial charge in [-0.05, 0) is 38.5 Å². The lowest BCUT2D eigenvalue weighted by molar-refractivity contribution is -0.384. The molecule has 0 saturated carbocycles. The summed E-state index contributed by atoms with van der Waals surface area (Å²) in [7, 11) is 0. The fourth-order valence-electron chi connectivity index (χ4n) is 4.12. The Labute approximate surface area is 185 Å². The number of ether oxygens (including phenoxy) is 1. The van der Waals surface area contributed by atoms with Gasteiger partial charge in [-0.25, -0.2) is 4.79 Å². The molecule has 2 heterocycles. The Bertz CT molecular complexity index is 1150. The van der Waals surface area contributed by atoms with Crippen LogP contribution in [0.5, 0.6) is 5.75 Å². The molecule has 0 radical (unpaired) electrons. The molecule has 0 bridgehead atoms. The number of urea groups is 1. The molecule has 9 nitrogen and oxygen atoms in total. The summed E-state index contributed by atoms with van der Waals surface area (Å²) in [4.78, 5) is 38.0. The molecule has 2 aromatic rings. The maximum atomic E-state index is 13.3. The molecule has 9 heteroatoms. The number of nitrogens with zero attached hydrogens (tertiary/aromatic N) is 2. The van der Waals surface area contributed by atoms with Crippen LogP contribution in [0.15, 0.2) is 48.0 Å². The lowest BCUT2D eigenvalue weighted by Gasteiger charge is -2.39. The minimum atomic E-state index is -0.868. The molecule has 0 unspecified atom stereocenters. The van der Waals surface area contributed by atoms with Gasteiger partial charge in [-0.15, -0.1) is 0 Å². The summed E-state index contributed by atoms with van der Waals surface area (Å²) in [6.07, 6.45) is 0. The first-order valence-electron chi connectivity index (χ1n) is 10.4. The number of benzene rings is 2. The van der Waals surface area contributed by atoms with Crippen molar-refractivity contribution in [1.82, 2.24) is 15.5 Å². The number of nitro benzene ring substituents is 1. The fraction of sp³-hybridized carbons (Fsp3) is 0.304. The number of non-ortho nitro benzene ring substituents is 1. The molecule has 0 aliphatic carbocycles. The fourth-order valence-corrected chi connectivity index (χ4v) is 4.12. The molecule has 2 aliphatic rings. The largest absolute Gasteiger partial charge is 0.483 e. The van der Waals surface area contributed by atoms with E-state index in [0.717, 1.165) is 5.56 Å². The first-order valence-corrected chi connectivity index (χ1v) is 10.4. The minimum Gasteiger partial charge on any atom is -0.483 e. The number of carbonyl (C=O) groups excluding carboxylic acids is 2. The molecule has 0 saturated heterocycles. The van der Waals surface area contributed by atoms with Gasteiger partial charge < -0.3 is 20.3 Å². The average Bonchev–Trinajstić information content (AvgIpc) is 3.07. The van der Waals surface area contributed by atoms with Crippen molar-refractivity contribution in [1.29, 1.82) is 0 Å². The number of nitrogens with one attached hydrogen (secondary N) is 2. The summed E-state index contributed by atoms with van der Waals surface area (Å²) in [6.45, 7) is 6.41. The lowest BCUT2D eigenvalue weighted by Crippen LogP contribution is -2.45. The standard InChI is InChI=1S/C23H24N4O5/c1-4-24-22(29)25-12-18-20(26-13-14-7-5-6-8-16(14)21(26)28)17-11-15(27(30)31)9-10-19(17)32-23(18,2)3/h5-11H,4,12-13H2,1-3H3,(H2,24,25,29). The van der Waals surface area contributed by atoms with E-state index in [-0.39, 0.29) is 24.2 Å². The van der Waals surface area contributed by atoms with Gasteiger partial charge in [0.05, 0.1) is 17.2 Å². The molecule has 4 rings (SSSR count). The van der Waals surface area contributed by atoms with Crippen LogP contribution in [0.25, 0.3) is 5.70 Å². The topological polar surface area (TPSA) is 114 Å². The van der Waals surface area contributed by atoms with Crippen molar-refractivity contribution in [2.75, 3.05) is 13.1 Å². The number of amides is 3. The molecule has 32 heavy (non-hydrogen) atoms. The van der Waals surface area contributed by atoms with Crippen LogP contribution in [0.2, 0.25) is 0 Å². The van der Waals surface area contributed by atoms with E-state index in [1.165, 1.54) is 12.1 Å². The predicted molar refractivity (Wildman–Crippen MR) is 118 cm³/mol. The number of fused-ring (bicyclic) bond motifs is 2. The Balaban J connectivity index is 1.88. The Hall–Kier alpha value is -3.88. The van der Waals surface area contributed by atoms with Gasteiger partial charge in [0.1, 0.15) is 11.4 Å². The Morgan fingerprint density at radius 3 is 2.62 bits per heavy atom. The van der Waals surface area contributed by atoms with Crippen molar-refractivity contribution in [2.45, 2.75) is 32.9 Å². The van der Waals surface area contributed by atoms with Crippen LogP contribution in [0.4, 0.5) is 10.5 Å². The third-order valence-electron chi connectivity index (χ3n) is 5.66. The third-order valence-corrected chi connectivity index (χ3v) is 5.66. The summed E-state index contributed by atoms with van der Waals surface area (Å²) >= 11 is 0. The van der Waals surface area contributed by atoms with Crippen molar-refractivity contribution in [3.8, 4) is 5.75 Å². The zero-order valence-electron chi connectivity index (χ0n) is 18.1. The van der Waals surface area contributed by atoms with Gasteiger partial charge in [0, 0.05) is 41.9 Å². The Morgan fingerprint density at radius 1 is 1.19 bits per heavy atom. The predicted octanol–water partition coefficient (Wildman–Crippen LogP) is 3.45. The van der Waals surface area contributed by atoms with Crippen LogP contribution in [-0.4, -0.2) is 40.5 Å². The molecule has 0 spiro atoms. The molecule has 166 valence electrons. The second-order valence-electron chi connectivity index (χ2n) is 8.14.